The molecule has 0 unspecified atom stereocenters. The van der Waals surface area contributed by atoms with Crippen molar-refractivity contribution >= 4 is 0 Å². The van der Waals surface area contributed by atoms with E-state index >= 15 is 0 Å². The van der Waals surface area contributed by atoms with Gasteiger partial charge < -0.3 is 9.80 Å². The van der Waals surface area contributed by atoms with Gasteiger partial charge in [0.25, 0.3) is 0 Å². The summed E-state index contributed by atoms with van der Waals surface area (Å²) < 4.78 is 0. The molecule has 0 saturated heterocycles. The summed E-state index contributed by atoms with van der Waals surface area (Å²) in [6, 6.07) is 0. The first-order chi connectivity index (χ1) is 6.50. The Labute approximate surface area is 88.6 Å². The Morgan fingerprint density at radius 3 is 1.79 bits per heavy atom. The van der Waals surface area contributed by atoms with Crippen LogP contribution in [0, 0.1) is 0 Å². The Bertz CT molecular complexity index is 241. The van der Waals surface area contributed by atoms with Crippen molar-refractivity contribution in [1.82, 2.24) is 9.80 Å². The fourth-order valence-corrected chi connectivity index (χ4v) is 2.89. The number of rotatable bonds is 3. The van der Waals surface area contributed by atoms with Crippen LogP contribution in [0.1, 0.15) is 48.0 Å². The van der Waals surface area contributed by atoms with Crippen LogP contribution in [0.3, 0.4) is 0 Å². The number of allylic oxidation sites excluding steroid dienone is 2. The van der Waals surface area contributed by atoms with E-state index in [4.69, 9.17) is 0 Å². The molecule has 1 heterocycles. The van der Waals surface area contributed by atoms with E-state index < -0.39 is 0 Å². The maximum atomic E-state index is 2.52. The van der Waals surface area contributed by atoms with Gasteiger partial charge in [-0.25, -0.2) is 0 Å². The van der Waals surface area contributed by atoms with Gasteiger partial charge in [-0.05, 0) is 41.0 Å². The van der Waals surface area contributed by atoms with Gasteiger partial charge in [0, 0.05) is 24.5 Å². The van der Waals surface area contributed by atoms with Crippen LogP contribution in [0.15, 0.2) is 11.4 Å². The smallest absolute Gasteiger partial charge is 0.106 e. The van der Waals surface area contributed by atoms with E-state index in [0.717, 1.165) is 19.5 Å². The Hall–Kier alpha value is -0.660. The maximum Gasteiger partial charge on any atom is 0.106 e. The summed E-state index contributed by atoms with van der Waals surface area (Å²) in [5.41, 5.74) is 3.14. The molecule has 0 bridgehead atoms. The highest BCUT2D eigenvalue weighted by molar-refractivity contribution is 5.21. The highest BCUT2D eigenvalue weighted by Crippen LogP contribution is 2.37. The lowest BCUT2D eigenvalue weighted by atomic mass is 10.2. The van der Waals surface area contributed by atoms with Gasteiger partial charge in [0.1, 0.15) is 5.66 Å². The lowest BCUT2D eigenvalue weighted by Gasteiger charge is -2.41. The molecule has 0 saturated carbocycles. The predicted molar refractivity (Wildman–Crippen MR) is 61.8 cm³/mol. The molecular weight excluding hydrogens is 172 g/mol. The Balaban J connectivity index is 3.08. The minimum atomic E-state index is 0.166. The highest BCUT2D eigenvalue weighted by Gasteiger charge is 2.39. The van der Waals surface area contributed by atoms with Crippen LogP contribution in [0.2, 0.25) is 0 Å². The van der Waals surface area contributed by atoms with Crippen molar-refractivity contribution in [2.45, 2.75) is 53.6 Å². The molecule has 0 aromatic heterocycles. The quantitative estimate of drug-likeness (QED) is 0.684. The maximum absolute atomic E-state index is 2.52. The molecule has 0 radical (unpaired) electrons. The predicted octanol–water partition coefficient (Wildman–Crippen LogP) is 3.02. The van der Waals surface area contributed by atoms with Gasteiger partial charge in [0.2, 0.25) is 0 Å². The zero-order chi connectivity index (χ0) is 10.9. The Kier molecular flexibility index (Phi) is 3.13. The molecule has 2 nitrogen and oxygen atoms in total. The molecule has 1 aliphatic rings. The van der Waals surface area contributed by atoms with Gasteiger partial charge in [0.05, 0.1) is 0 Å². The summed E-state index contributed by atoms with van der Waals surface area (Å²) in [6.45, 7) is 15.8. The average Bonchev–Trinajstić information content (AvgIpc) is 2.31. The molecule has 1 aliphatic heterocycles. The minimum absolute atomic E-state index is 0.166. The van der Waals surface area contributed by atoms with Crippen molar-refractivity contribution in [1.29, 1.82) is 0 Å². The second-order valence-corrected chi connectivity index (χ2v) is 4.37. The van der Waals surface area contributed by atoms with E-state index in [1.807, 2.05) is 0 Å². The number of nitrogens with zero attached hydrogens (tertiary/aromatic N) is 2. The molecule has 14 heavy (non-hydrogen) atoms. The first kappa shape index (κ1) is 11.4. The van der Waals surface area contributed by atoms with Gasteiger partial charge in [-0.1, -0.05) is 6.92 Å². The van der Waals surface area contributed by atoms with E-state index in [0.29, 0.717) is 0 Å². The van der Waals surface area contributed by atoms with E-state index in [1.54, 1.807) is 0 Å². The summed E-state index contributed by atoms with van der Waals surface area (Å²) in [6.07, 6.45) is 1.14. The first-order valence-electron chi connectivity index (χ1n) is 5.75. The van der Waals surface area contributed by atoms with Gasteiger partial charge >= 0.3 is 0 Å². The van der Waals surface area contributed by atoms with Crippen molar-refractivity contribution in [3.8, 4) is 0 Å². The Morgan fingerprint density at radius 1 is 1.00 bits per heavy atom. The second-order valence-electron chi connectivity index (χ2n) is 4.37. The van der Waals surface area contributed by atoms with Crippen LogP contribution < -0.4 is 0 Å². The largest absolute Gasteiger partial charge is 0.352 e. The molecule has 0 fully saturated rings. The molecule has 0 aromatic rings. The minimum Gasteiger partial charge on any atom is -0.352 e. The van der Waals surface area contributed by atoms with Crippen molar-refractivity contribution in [2.75, 3.05) is 13.1 Å². The third kappa shape index (κ3) is 1.41. The van der Waals surface area contributed by atoms with E-state index in [2.05, 4.69) is 51.3 Å². The molecule has 82 valence electrons. The molecule has 0 spiro atoms. The van der Waals surface area contributed by atoms with Crippen LogP contribution in [0.25, 0.3) is 0 Å². The molecule has 0 N–H and O–H groups in total. The SMILES string of the molecule is CCC1=C(C)N(CC)C(C)(C)N1CC. The lowest BCUT2D eigenvalue weighted by molar-refractivity contribution is 0.0575. The zero-order valence-corrected chi connectivity index (χ0v) is 10.5. The summed E-state index contributed by atoms with van der Waals surface area (Å²) >= 11 is 0. The van der Waals surface area contributed by atoms with Gasteiger partial charge in [0.15, 0.2) is 0 Å². The Morgan fingerprint density at radius 2 is 1.50 bits per heavy atom. The summed E-state index contributed by atoms with van der Waals surface area (Å²) in [4.78, 5) is 5.02. The van der Waals surface area contributed by atoms with Crippen molar-refractivity contribution in [3.05, 3.63) is 11.4 Å². The summed E-state index contributed by atoms with van der Waals surface area (Å²) in [5, 5.41) is 0. The van der Waals surface area contributed by atoms with Crippen LogP contribution in [-0.2, 0) is 0 Å². The molecule has 2 heteroatoms. The monoisotopic (exact) mass is 196 g/mol. The van der Waals surface area contributed by atoms with E-state index in [-0.39, 0.29) is 5.66 Å². The van der Waals surface area contributed by atoms with E-state index in [1.165, 1.54) is 11.4 Å². The fraction of sp³-hybridized carbons (Fsp3) is 0.833. The van der Waals surface area contributed by atoms with Crippen LogP contribution >= 0.6 is 0 Å². The molecule has 0 atom stereocenters. The zero-order valence-electron chi connectivity index (χ0n) is 10.5. The second kappa shape index (κ2) is 3.84. The highest BCUT2D eigenvalue weighted by atomic mass is 15.4. The molecule has 0 aliphatic carbocycles. The standard InChI is InChI=1S/C12H24N2/c1-7-11-10(4)13(8-2)12(5,6)14(11)9-3/h7-9H2,1-6H3. The van der Waals surface area contributed by atoms with Gasteiger partial charge in [-0.2, -0.15) is 0 Å². The van der Waals surface area contributed by atoms with Crippen molar-refractivity contribution < 1.29 is 0 Å². The molecular formula is C12H24N2. The van der Waals surface area contributed by atoms with Crippen LogP contribution in [0.4, 0.5) is 0 Å². The van der Waals surface area contributed by atoms with Crippen LogP contribution in [0.5, 0.6) is 0 Å². The first-order valence-corrected chi connectivity index (χ1v) is 5.75. The molecule has 1 rings (SSSR count). The molecule has 0 aromatic carbocycles. The third-order valence-corrected chi connectivity index (χ3v) is 3.44. The summed E-state index contributed by atoms with van der Waals surface area (Å²) in [7, 11) is 0. The van der Waals surface area contributed by atoms with E-state index in [9.17, 15) is 0 Å². The van der Waals surface area contributed by atoms with Gasteiger partial charge in [-0.15, -0.1) is 0 Å². The topological polar surface area (TPSA) is 6.48 Å². The van der Waals surface area contributed by atoms with Crippen molar-refractivity contribution in [3.63, 3.8) is 0 Å². The van der Waals surface area contributed by atoms with Crippen molar-refractivity contribution in [2.24, 2.45) is 0 Å². The van der Waals surface area contributed by atoms with Crippen LogP contribution in [-0.4, -0.2) is 28.6 Å². The van der Waals surface area contributed by atoms with Gasteiger partial charge in [-0.3, -0.25) is 0 Å². The number of hydrogen-bond donors (Lipinski definition) is 0. The average molecular weight is 196 g/mol. The molecule has 0 amide bonds. The fourth-order valence-electron chi connectivity index (χ4n) is 2.89. The third-order valence-electron chi connectivity index (χ3n) is 3.44. The number of hydrogen-bond acceptors (Lipinski definition) is 2. The summed E-state index contributed by atoms with van der Waals surface area (Å²) in [5.74, 6) is 0. The normalized spacial score (nSPS) is 21.0. The lowest BCUT2D eigenvalue weighted by Crippen LogP contribution is -2.49.